The molecule has 0 amide bonds. The Bertz CT molecular complexity index is 219. The van der Waals surface area contributed by atoms with Gasteiger partial charge in [0.05, 0.1) is 0 Å². The van der Waals surface area contributed by atoms with Crippen molar-refractivity contribution >= 4 is 28.9 Å². The Morgan fingerprint density at radius 1 is 1.31 bits per heavy atom. The van der Waals surface area contributed by atoms with Crippen molar-refractivity contribution in [1.29, 1.82) is 0 Å². The van der Waals surface area contributed by atoms with E-state index in [4.69, 9.17) is 22.2 Å². The van der Waals surface area contributed by atoms with Crippen molar-refractivity contribution in [2.24, 2.45) is 17.8 Å². The van der Waals surface area contributed by atoms with Gasteiger partial charge in [-0.1, -0.05) is 18.6 Å². The second-order valence-corrected chi connectivity index (χ2v) is 12.9. The fourth-order valence-corrected chi connectivity index (χ4v) is 4.20. The molecule has 0 spiro atoms. The summed E-state index contributed by atoms with van der Waals surface area (Å²) in [6.07, 6.45) is 8.83. The lowest BCUT2D eigenvalue weighted by Gasteiger charge is -2.20. The molecule has 74 valence electrons. The minimum Gasteiger partial charge on any atom is -0.146 e. The van der Waals surface area contributed by atoms with Crippen LogP contribution in [0.25, 0.3) is 0 Å². The van der Waals surface area contributed by atoms with E-state index in [1.54, 1.807) is 0 Å². The summed E-state index contributed by atoms with van der Waals surface area (Å²) < 4.78 is 0. The van der Waals surface area contributed by atoms with Crippen LogP contribution in [0.2, 0.25) is 12.6 Å². The summed E-state index contributed by atoms with van der Waals surface area (Å²) in [6, 6.07) is 1.07. The minimum atomic E-state index is -1.83. The zero-order valence-electron chi connectivity index (χ0n) is 7.97. The Hall–Kier alpha value is 0.537. The van der Waals surface area contributed by atoms with Gasteiger partial charge in [0.1, 0.15) is 0 Å². The molecule has 0 radical (unpaired) electrons. The molecule has 0 heterocycles. The lowest BCUT2D eigenvalue weighted by atomic mass is 9.91. The first-order valence-corrected chi connectivity index (χ1v) is 9.84. The summed E-state index contributed by atoms with van der Waals surface area (Å²) in [7, 11) is 0. The molecule has 3 atom stereocenters. The third-order valence-electron chi connectivity index (χ3n) is 3.37. The van der Waals surface area contributed by atoms with Gasteiger partial charge in [0.15, 0.2) is 0 Å². The average Bonchev–Trinajstić information content (AvgIpc) is 2.58. The van der Waals surface area contributed by atoms with Gasteiger partial charge in [0.2, 0.25) is 6.69 Å². The van der Waals surface area contributed by atoms with E-state index in [0.29, 0.717) is 0 Å². The molecule has 13 heavy (non-hydrogen) atoms. The first kappa shape index (κ1) is 10.1. The van der Waals surface area contributed by atoms with Gasteiger partial charge in [-0.25, -0.2) is 0 Å². The van der Waals surface area contributed by atoms with Gasteiger partial charge < -0.3 is 0 Å². The molecule has 0 aromatic heterocycles. The first-order chi connectivity index (χ1) is 6.04. The van der Waals surface area contributed by atoms with Crippen LogP contribution in [0.4, 0.5) is 0 Å². The highest BCUT2D eigenvalue weighted by molar-refractivity contribution is 7.44. The molecule has 0 aromatic carbocycles. The molecule has 0 nitrogen and oxygen atoms in total. The lowest BCUT2D eigenvalue weighted by molar-refractivity contribution is 0.433. The molecule has 2 bridgehead atoms. The maximum Gasteiger partial charge on any atom is 0.248 e. The van der Waals surface area contributed by atoms with E-state index in [0.717, 1.165) is 23.8 Å². The highest BCUT2D eigenvalue weighted by atomic mass is 35.7. The van der Waals surface area contributed by atoms with Crippen LogP contribution in [0.5, 0.6) is 0 Å². The summed E-state index contributed by atoms with van der Waals surface area (Å²) in [5.41, 5.74) is 0. The van der Waals surface area contributed by atoms with Crippen LogP contribution in [-0.2, 0) is 0 Å². The van der Waals surface area contributed by atoms with E-state index < -0.39 is 6.69 Å². The predicted molar refractivity (Wildman–Crippen MR) is 61.6 cm³/mol. The van der Waals surface area contributed by atoms with Crippen LogP contribution < -0.4 is 0 Å². The maximum atomic E-state index is 6.10. The van der Waals surface area contributed by atoms with E-state index in [2.05, 4.69) is 12.2 Å². The lowest BCUT2D eigenvalue weighted by Crippen LogP contribution is -2.16. The smallest absolute Gasteiger partial charge is 0.146 e. The molecule has 2 rings (SSSR count). The number of allylic oxidation sites excluding steroid dienone is 2. The van der Waals surface area contributed by atoms with Crippen molar-refractivity contribution in [2.45, 2.75) is 31.9 Å². The molecule has 2 aliphatic rings. The summed E-state index contributed by atoms with van der Waals surface area (Å²) in [5, 5.41) is 0. The SMILES string of the molecule is C[Si](Cl)(Cl)CCC1CC2C=CC1C2. The van der Waals surface area contributed by atoms with Gasteiger partial charge in [0, 0.05) is 0 Å². The van der Waals surface area contributed by atoms with Gasteiger partial charge in [-0.05, 0) is 43.2 Å². The molecule has 1 fully saturated rings. The summed E-state index contributed by atoms with van der Waals surface area (Å²) in [6.45, 7) is 0.195. The van der Waals surface area contributed by atoms with E-state index in [1.807, 2.05) is 6.55 Å². The number of rotatable bonds is 3. The quantitative estimate of drug-likeness (QED) is 0.392. The Kier molecular flexibility index (Phi) is 2.79. The zero-order chi connectivity index (χ0) is 9.47. The minimum absolute atomic E-state index is 0.856. The van der Waals surface area contributed by atoms with Crippen molar-refractivity contribution in [2.75, 3.05) is 0 Å². The normalized spacial score (nSPS) is 37.3. The van der Waals surface area contributed by atoms with Gasteiger partial charge in [-0.3, -0.25) is 0 Å². The van der Waals surface area contributed by atoms with Gasteiger partial charge in [0.25, 0.3) is 0 Å². The Morgan fingerprint density at radius 3 is 2.54 bits per heavy atom. The van der Waals surface area contributed by atoms with Crippen LogP contribution in [0.3, 0.4) is 0 Å². The zero-order valence-corrected chi connectivity index (χ0v) is 10.5. The van der Waals surface area contributed by atoms with Crippen LogP contribution in [0.15, 0.2) is 12.2 Å². The Labute approximate surface area is 90.7 Å². The highest BCUT2D eigenvalue weighted by Crippen LogP contribution is 2.46. The molecule has 0 aromatic rings. The number of hydrogen-bond acceptors (Lipinski definition) is 0. The van der Waals surface area contributed by atoms with Crippen LogP contribution in [0, 0.1) is 17.8 Å². The van der Waals surface area contributed by atoms with E-state index in [1.165, 1.54) is 19.3 Å². The van der Waals surface area contributed by atoms with E-state index in [9.17, 15) is 0 Å². The third-order valence-corrected chi connectivity index (χ3v) is 5.67. The number of halogens is 2. The molecule has 2 aliphatic carbocycles. The summed E-state index contributed by atoms with van der Waals surface area (Å²) in [5.74, 6) is 2.63. The fraction of sp³-hybridized carbons (Fsp3) is 0.800. The van der Waals surface area contributed by atoms with Crippen molar-refractivity contribution in [3.05, 3.63) is 12.2 Å². The van der Waals surface area contributed by atoms with Crippen LogP contribution in [-0.4, -0.2) is 6.69 Å². The summed E-state index contributed by atoms with van der Waals surface area (Å²) in [4.78, 5) is 0. The van der Waals surface area contributed by atoms with E-state index in [-0.39, 0.29) is 0 Å². The highest BCUT2D eigenvalue weighted by Gasteiger charge is 2.36. The third kappa shape index (κ3) is 2.51. The topological polar surface area (TPSA) is 0 Å². The molecular formula is C10H16Cl2Si. The molecule has 3 heteroatoms. The Balaban J connectivity index is 1.81. The molecule has 3 unspecified atom stereocenters. The number of fused-ring (bicyclic) bond motifs is 2. The average molecular weight is 235 g/mol. The van der Waals surface area contributed by atoms with Crippen molar-refractivity contribution in [3.8, 4) is 0 Å². The fourth-order valence-electron chi connectivity index (χ4n) is 2.67. The molecule has 0 saturated heterocycles. The van der Waals surface area contributed by atoms with Crippen molar-refractivity contribution < 1.29 is 0 Å². The monoisotopic (exact) mass is 234 g/mol. The molecular weight excluding hydrogens is 219 g/mol. The largest absolute Gasteiger partial charge is 0.248 e. The second-order valence-electron chi connectivity index (χ2n) is 4.65. The van der Waals surface area contributed by atoms with Crippen molar-refractivity contribution in [1.82, 2.24) is 0 Å². The van der Waals surface area contributed by atoms with Crippen molar-refractivity contribution in [3.63, 3.8) is 0 Å². The van der Waals surface area contributed by atoms with Crippen LogP contribution >= 0.6 is 22.2 Å². The van der Waals surface area contributed by atoms with Gasteiger partial charge in [-0.15, -0.1) is 22.2 Å². The Morgan fingerprint density at radius 2 is 2.08 bits per heavy atom. The molecule has 1 saturated carbocycles. The predicted octanol–water partition coefficient (Wildman–Crippen LogP) is 4.14. The molecule has 0 N–H and O–H groups in total. The van der Waals surface area contributed by atoms with Gasteiger partial charge in [-0.2, -0.15) is 0 Å². The standard InChI is InChI=1S/C10H16Cl2Si/c1-13(11,12)5-4-10-7-8-2-3-9(10)6-8/h2-3,8-10H,4-7H2,1H3. The van der Waals surface area contributed by atoms with E-state index >= 15 is 0 Å². The summed E-state index contributed by atoms with van der Waals surface area (Å²) >= 11 is 12.2. The second kappa shape index (κ2) is 3.60. The van der Waals surface area contributed by atoms with Gasteiger partial charge >= 0.3 is 0 Å². The maximum absolute atomic E-state index is 6.10. The number of hydrogen-bond donors (Lipinski definition) is 0. The van der Waals surface area contributed by atoms with Crippen LogP contribution in [0.1, 0.15) is 19.3 Å². The molecule has 0 aliphatic heterocycles. The first-order valence-electron chi connectivity index (χ1n) is 5.11.